The van der Waals surface area contributed by atoms with Crippen LogP contribution in [0.1, 0.15) is 61.1 Å². The van der Waals surface area contributed by atoms with Gasteiger partial charge in [-0.05, 0) is 100 Å². The number of rotatable bonds is 6. The van der Waals surface area contributed by atoms with E-state index in [0.717, 1.165) is 38.9 Å². The molecular formula is C41H30O8. The summed E-state index contributed by atoms with van der Waals surface area (Å²) in [5, 5.41) is 0. The first-order chi connectivity index (χ1) is 23.5. The fourth-order valence-electron chi connectivity index (χ4n) is 6.27. The molecule has 0 spiro atoms. The predicted molar refractivity (Wildman–Crippen MR) is 181 cm³/mol. The molecule has 0 bridgehead atoms. The average Bonchev–Trinajstić information content (AvgIpc) is 3.35. The van der Waals surface area contributed by atoms with Gasteiger partial charge in [-0.2, -0.15) is 0 Å². The number of hydrogen-bond acceptors (Lipinski definition) is 8. The molecule has 5 aromatic carbocycles. The van der Waals surface area contributed by atoms with Crippen LogP contribution in [0.25, 0.3) is 11.1 Å². The van der Waals surface area contributed by atoms with Crippen molar-refractivity contribution in [2.24, 2.45) is 0 Å². The van der Waals surface area contributed by atoms with E-state index in [2.05, 4.69) is 11.8 Å². The Bertz CT molecular complexity index is 2110. The Hall–Kier alpha value is -6.46. The molecule has 0 saturated heterocycles. The van der Waals surface area contributed by atoms with E-state index in [1.165, 1.54) is 27.7 Å². The molecule has 1 aliphatic carbocycles. The molecule has 0 saturated carbocycles. The molecule has 8 nitrogen and oxygen atoms in total. The maximum absolute atomic E-state index is 12.1. The van der Waals surface area contributed by atoms with Gasteiger partial charge in [0.05, 0.1) is 5.41 Å². The van der Waals surface area contributed by atoms with Gasteiger partial charge in [-0.1, -0.05) is 54.3 Å². The van der Waals surface area contributed by atoms with Gasteiger partial charge in [0.25, 0.3) is 0 Å². The molecule has 242 valence electrons. The first kappa shape index (κ1) is 32.5. The lowest BCUT2D eigenvalue weighted by molar-refractivity contribution is -0.132. The highest BCUT2D eigenvalue weighted by Gasteiger charge is 2.48. The third kappa shape index (κ3) is 6.55. The Kier molecular flexibility index (Phi) is 8.84. The van der Waals surface area contributed by atoms with Crippen LogP contribution in [0.2, 0.25) is 0 Å². The number of benzene rings is 5. The van der Waals surface area contributed by atoms with Crippen LogP contribution in [0, 0.1) is 11.8 Å². The number of carbonyl (C=O) groups is 4. The van der Waals surface area contributed by atoms with Crippen LogP contribution in [-0.4, -0.2) is 23.9 Å². The van der Waals surface area contributed by atoms with Gasteiger partial charge in [0.1, 0.15) is 23.0 Å². The van der Waals surface area contributed by atoms with Gasteiger partial charge in [-0.3, -0.25) is 19.2 Å². The lowest BCUT2D eigenvalue weighted by atomic mass is 9.66. The zero-order valence-electron chi connectivity index (χ0n) is 27.2. The molecule has 0 radical (unpaired) electrons. The van der Waals surface area contributed by atoms with E-state index in [0.29, 0.717) is 28.6 Å². The van der Waals surface area contributed by atoms with Crippen molar-refractivity contribution in [2.75, 3.05) is 0 Å². The van der Waals surface area contributed by atoms with Crippen LogP contribution in [-0.2, 0) is 24.6 Å². The molecule has 0 N–H and O–H groups in total. The van der Waals surface area contributed by atoms with E-state index in [-0.39, 0.29) is 0 Å². The number of carbonyl (C=O) groups excluding carboxylic acids is 4. The topological polar surface area (TPSA) is 105 Å². The number of esters is 4. The Labute approximate surface area is 283 Å². The first-order valence-corrected chi connectivity index (χ1v) is 15.4. The van der Waals surface area contributed by atoms with Gasteiger partial charge < -0.3 is 18.9 Å². The van der Waals surface area contributed by atoms with Crippen LogP contribution < -0.4 is 18.9 Å². The fourth-order valence-corrected chi connectivity index (χ4v) is 6.27. The van der Waals surface area contributed by atoms with Gasteiger partial charge in [0, 0.05) is 38.8 Å². The summed E-state index contributed by atoms with van der Waals surface area (Å²) in [6.45, 7) is 5.38. The SMILES string of the molecule is CC(=O)Oc1ccc(C#Cc2cccc3c2C(c2ccc(OC(C)=O)cc2)(c2ccc(OC(C)=O)cc2)c2cc(OC(C)=O)ccc2-3)cc1. The minimum absolute atomic E-state index is 0.372. The van der Waals surface area contributed by atoms with Crippen LogP contribution in [0.5, 0.6) is 23.0 Å². The van der Waals surface area contributed by atoms with Crippen molar-refractivity contribution in [1.82, 2.24) is 0 Å². The fraction of sp³-hybridized carbons (Fsp3) is 0.122. The predicted octanol–water partition coefficient (Wildman–Crippen LogP) is 7.15. The van der Waals surface area contributed by atoms with Crippen LogP contribution in [0.3, 0.4) is 0 Å². The molecular weight excluding hydrogens is 620 g/mol. The summed E-state index contributed by atoms with van der Waals surface area (Å²) in [7, 11) is 0. The Morgan fingerprint density at radius 3 is 1.43 bits per heavy atom. The van der Waals surface area contributed by atoms with Crippen molar-refractivity contribution in [3.05, 3.63) is 143 Å². The number of hydrogen-bond donors (Lipinski definition) is 0. The maximum Gasteiger partial charge on any atom is 0.308 e. The van der Waals surface area contributed by atoms with Gasteiger partial charge in [-0.15, -0.1) is 0 Å². The maximum atomic E-state index is 12.1. The molecule has 8 heteroatoms. The van der Waals surface area contributed by atoms with E-state index in [1.54, 1.807) is 54.6 Å². The average molecular weight is 651 g/mol. The molecule has 49 heavy (non-hydrogen) atoms. The van der Waals surface area contributed by atoms with E-state index in [9.17, 15) is 19.2 Å². The highest BCUT2D eigenvalue weighted by Crippen LogP contribution is 2.58. The van der Waals surface area contributed by atoms with Crippen LogP contribution >= 0.6 is 0 Å². The van der Waals surface area contributed by atoms with Crippen molar-refractivity contribution in [1.29, 1.82) is 0 Å². The summed E-state index contributed by atoms with van der Waals surface area (Å²) in [5.74, 6) is 6.47. The van der Waals surface area contributed by atoms with E-state index in [1.807, 2.05) is 54.6 Å². The zero-order chi connectivity index (χ0) is 34.7. The van der Waals surface area contributed by atoms with Gasteiger partial charge >= 0.3 is 23.9 Å². The summed E-state index contributed by atoms with van der Waals surface area (Å²) >= 11 is 0. The second kappa shape index (κ2) is 13.3. The summed E-state index contributed by atoms with van der Waals surface area (Å²) in [6.07, 6.45) is 0. The molecule has 5 aromatic rings. The largest absolute Gasteiger partial charge is 0.427 e. The Morgan fingerprint density at radius 1 is 0.490 bits per heavy atom. The second-order valence-corrected chi connectivity index (χ2v) is 11.4. The lowest BCUT2D eigenvalue weighted by Crippen LogP contribution is -2.29. The highest BCUT2D eigenvalue weighted by atomic mass is 16.5. The van der Waals surface area contributed by atoms with Crippen molar-refractivity contribution in [2.45, 2.75) is 33.1 Å². The van der Waals surface area contributed by atoms with Crippen molar-refractivity contribution in [3.8, 4) is 46.0 Å². The molecule has 0 aromatic heterocycles. The van der Waals surface area contributed by atoms with E-state index < -0.39 is 29.3 Å². The zero-order valence-corrected chi connectivity index (χ0v) is 27.2. The molecule has 0 unspecified atom stereocenters. The van der Waals surface area contributed by atoms with E-state index in [4.69, 9.17) is 18.9 Å². The van der Waals surface area contributed by atoms with Gasteiger partial charge in [0.15, 0.2) is 0 Å². The molecule has 0 fully saturated rings. The monoisotopic (exact) mass is 650 g/mol. The summed E-state index contributed by atoms with van der Waals surface area (Å²) in [6, 6.07) is 32.9. The molecule has 6 rings (SSSR count). The minimum Gasteiger partial charge on any atom is -0.427 e. The normalized spacial score (nSPS) is 12.0. The van der Waals surface area contributed by atoms with Gasteiger partial charge in [0.2, 0.25) is 0 Å². The second-order valence-electron chi connectivity index (χ2n) is 11.4. The van der Waals surface area contributed by atoms with Gasteiger partial charge in [-0.25, -0.2) is 0 Å². The highest BCUT2D eigenvalue weighted by molar-refractivity contribution is 5.89. The molecule has 1 aliphatic rings. The van der Waals surface area contributed by atoms with E-state index >= 15 is 0 Å². The van der Waals surface area contributed by atoms with Crippen molar-refractivity contribution < 1.29 is 38.1 Å². The summed E-state index contributed by atoms with van der Waals surface area (Å²) in [4.78, 5) is 47.0. The lowest BCUT2D eigenvalue weighted by Gasteiger charge is -2.34. The Morgan fingerprint density at radius 2 is 0.939 bits per heavy atom. The molecule has 0 atom stereocenters. The number of ether oxygens (including phenoxy) is 4. The molecule has 0 aliphatic heterocycles. The van der Waals surface area contributed by atoms with Crippen LogP contribution in [0.15, 0.2) is 109 Å². The first-order valence-electron chi connectivity index (χ1n) is 15.4. The summed E-state index contributed by atoms with van der Waals surface area (Å²) < 4.78 is 21.5. The number of fused-ring (bicyclic) bond motifs is 3. The van der Waals surface area contributed by atoms with Crippen molar-refractivity contribution in [3.63, 3.8) is 0 Å². The standard InChI is InChI=1S/C41H30O8/c1-25(42)46-33-16-9-29(10-17-33)8-11-30-6-5-7-38-37-23-22-36(49-28(4)45)24-39(37)41(40(30)38,31-12-18-34(19-13-31)47-26(2)43)32-14-20-35(21-15-32)48-27(3)44/h5-7,9-10,12-24H,1-4H3. The third-order valence-corrected chi connectivity index (χ3v) is 7.94. The third-order valence-electron chi connectivity index (χ3n) is 7.94. The van der Waals surface area contributed by atoms with Crippen LogP contribution in [0.4, 0.5) is 0 Å². The molecule has 0 amide bonds. The summed E-state index contributed by atoms with van der Waals surface area (Å²) in [5.41, 5.74) is 5.63. The minimum atomic E-state index is -1.02. The quantitative estimate of drug-likeness (QED) is 0.106. The smallest absolute Gasteiger partial charge is 0.308 e. The van der Waals surface area contributed by atoms with Crippen molar-refractivity contribution >= 4 is 23.9 Å². The molecule has 0 heterocycles. The Balaban J connectivity index is 1.63.